The number of rotatable bonds is 4. The average molecular weight is 240 g/mol. The first kappa shape index (κ1) is 12.5. The monoisotopic (exact) mass is 240 g/mol. The molecule has 3 atom stereocenters. The van der Waals surface area contributed by atoms with Crippen LogP contribution in [0.1, 0.15) is 50.7 Å². The molecular formula is C12H20N2O3. The molecule has 3 unspecified atom stereocenters. The Hall–Kier alpha value is -0.940. The van der Waals surface area contributed by atoms with Crippen LogP contribution in [0.4, 0.5) is 0 Å². The largest absolute Gasteiger partial charge is 0.393 e. The van der Waals surface area contributed by atoms with Crippen LogP contribution in [-0.2, 0) is 4.74 Å². The molecule has 0 saturated carbocycles. The molecule has 96 valence electrons. The second kappa shape index (κ2) is 5.14. The van der Waals surface area contributed by atoms with E-state index in [1.165, 1.54) is 0 Å². The lowest BCUT2D eigenvalue weighted by Gasteiger charge is -2.19. The highest BCUT2D eigenvalue weighted by molar-refractivity contribution is 5.02. The van der Waals surface area contributed by atoms with Gasteiger partial charge in [-0.15, -0.1) is 0 Å². The van der Waals surface area contributed by atoms with Crippen molar-refractivity contribution < 1.29 is 14.4 Å². The Kier molecular flexibility index (Phi) is 3.79. The lowest BCUT2D eigenvalue weighted by Crippen LogP contribution is -2.20. The Morgan fingerprint density at radius 3 is 2.65 bits per heavy atom. The van der Waals surface area contributed by atoms with Gasteiger partial charge in [0.15, 0.2) is 5.82 Å². The van der Waals surface area contributed by atoms with Gasteiger partial charge in [-0.2, -0.15) is 4.98 Å². The third kappa shape index (κ3) is 2.66. The standard InChI is InChI=1S/C12H20N2O3/c1-7(2)10(8(3)15)12-13-11(14-17-12)9-4-5-16-6-9/h7-10,15H,4-6H2,1-3H3. The molecule has 2 heterocycles. The van der Waals surface area contributed by atoms with E-state index in [1.54, 1.807) is 6.92 Å². The number of hydrogen-bond acceptors (Lipinski definition) is 5. The third-order valence-electron chi connectivity index (χ3n) is 3.28. The van der Waals surface area contributed by atoms with Crippen LogP contribution in [0.25, 0.3) is 0 Å². The maximum Gasteiger partial charge on any atom is 0.232 e. The van der Waals surface area contributed by atoms with Gasteiger partial charge in [-0.1, -0.05) is 19.0 Å². The molecule has 1 aromatic rings. The Morgan fingerprint density at radius 2 is 2.12 bits per heavy atom. The number of ether oxygens (including phenoxy) is 1. The second-order valence-electron chi connectivity index (χ2n) is 5.06. The van der Waals surface area contributed by atoms with E-state index in [1.807, 2.05) is 13.8 Å². The highest BCUT2D eigenvalue weighted by Crippen LogP contribution is 2.29. The molecular weight excluding hydrogens is 220 g/mol. The van der Waals surface area contributed by atoms with Crippen molar-refractivity contribution in [3.05, 3.63) is 11.7 Å². The zero-order chi connectivity index (χ0) is 12.4. The number of aliphatic hydroxyl groups excluding tert-OH is 1. The SMILES string of the molecule is CC(C)C(c1nc(C2CCOC2)no1)C(C)O. The van der Waals surface area contributed by atoms with E-state index in [2.05, 4.69) is 10.1 Å². The zero-order valence-electron chi connectivity index (χ0n) is 10.6. The lowest BCUT2D eigenvalue weighted by atomic mass is 9.91. The highest BCUT2D eigenvalue weighted by atomic mass is 16.5. The summed E-state index contributed by atoms with van der Waals surface area (Å²) in [6.07, 6.45) is 0.461. The van der Waals surface area contributed by atoms with Crippen molar-refractivity contribution in [1.29, 1.82) is 0 Å². The van der Waals surface area contributed by atoms with E-state index >= 15 is 0 Å². The molecule has 0 bridgehead atoms. The maximum absolute atomic E-state index is 9.76. The van der Waals surface area contributed by atoms with Gasteiger partial charge in [0.1, 0.15) is 0 Å². The van der Waals surface area contributed by atoms with E-state index in [9.17, 15) is 5.11 Å². The van der Waals surface area contributed by atoms with Crippen molar-refractivity contribution >= 4 is 0 Å². The van der Waals surface area contributed by atoms with Gasteiger partial charge in [0.05, 0.1) is 18.6 Å². The van der Waals surface area contributed by atoms with Crippen LogP contribution in [0.15, 0.2) is 4.52 Å². The fourth-order valence-corrected chi connectivity index (χ4v) is 2.34. The minimum atomic E-state index is -0.483. The highest BCUT2D eigenvalue weighted by Gasteiger charge is 2.29. The summed E-state index contributed by atoms with van der Waals surface area (Å²) in [5, 5.41) is 13.8. The van der Waals surface area contributed by atoms with Crippen LogP contribution >= 0.6 is 0 Å². The molecule has 0 radical (unpaired) electrons. The first-order valence-electron chi connectivity index (χ1n) is 6.19. The fraction of sp³-hybridized carbons (Fsp3) is 0.833. The van der Waals surface area contributed by atoms with E-state index < -0.39 is 6.10 Å². The number of aliphatic hydroxyl groups is 1. The Labute approximate surface area is 101 Å². The molecule has 17 heavy (non-hydrogen) atoms. The summed E-state index contributed by atoms with van der Waals surface area (Å²) in [7, 11) is 0. The predicted octanol–water partition coefficient (Wildman–Crippen LogP) is 1.69. The van der Waals surface area contributed by atoms with Gasteiger partial charge in [0.2, 0.25) is 5.89 Å². The van der Waals surface area contributed by atoms with Crippen LogP contribution in [0.5, 0.6) is 0 Å². The molecule has 0 aromatic carbocycles. The average Bonchev–Trinajstić information content (AvgIpc) is 2.83. The first-order chi connectivity index (χ1) is 8.09. The van der Waals surface area contributed by atoms with Gasteiger partial charge in [-0.25, -0.2) is 0 Å². The normalized spacial score (nSPS) is 24.2. The van der Waals surface area contributed by atoms with Gasteiger partial charge < -0.3 is 14.4 Å². The summed E-state index contributed by atoms with van der Waals surface area (Å²) in [4.78, 5) is 4.42. The van der Waals surface area contributed by atoms with Gasteiger partial charge >= 0.3 is 0 Å². The van der Waals surface area contributed by atoms with Crippen molar-refractivity contribution in [2.45, 2.75) is 45.1 Å². The second-order valence-corrected chi connectivity index (χ2v) is 5.06. The van der Waals surface area contributed by atoms with E-state index in [4.69, 9.17) is 9.26 Å². The zero-order valence-corrected chi connectivity index (χ0v) is 10.6. The maximum atomic E-state index is 9.76. The number of hydrogen-bond donors (Lipinski definition) is 1. The fourth-order valence-electron chi connectivity index (χ4n) is 2.34. The Balaban J connectivity index is 2.15. The van der Waals surface area contributed by atoms with Gasteiger partial charge in [-0.05, 0) is 19.3 Å². The molecule has 5 heteroatoms. The van der Waals surface area contributed by atoms with Crippen molar-refractivity contribution in [1.82, 2.24) is 10.1 Å². The van der Waals surface area contributed by atoms with Crippen LogP contribution in [0.3, 0.4) is 0 Å². The Bertz CT molecular complexity index is 348. The molecule has 1 saturated heterocycles. The quantitative estimate of drug-likeness (QED) is 0.867. The van der Waals surface area contributed by atoms with Crippen molar-refractivity contribution in [3.8, 4) is 0 Å². The van der Waals surface area contributed by atoms with Crippen molar-refractivity contribution in [2.24, 2.45) is 5.92 Å². The summed E-state index contributed by atoms with van der Waals surface area (Å²) >= 11 is 0. The summed E-state index contributed by atoms with van der Waals surface area (Å²) in [5.41, 5.74) is 0. The summed E-state index contributed by atoms with van der Waals surface area (Å²) in [6, 6.07) is 0. The summed E-state index contributed by atoms with van der Waals surface area (Å²) in [5.74, 6) is 1.66. The van der Waals surface area contributed by atoms with Crippen molar-refractivity contribution in [3.63, 3.8) is 0 Å². The summed E-state index contributed by atoms with van der Waals surface area (Å²) < 4.78 is 10.6. The molecule has 1 aliphatic heterocycles. The smallest absolute Gasteiger partial charge is 0.232 e. The molecule has 0 aliphatic carbocycles. The molecule has 1 aliphatic rings. The predicted molar refractivity (Wildman–Crippen MR) is 61.7 cm³/mol. The first-order valence-corrected chi connectivity index (χ1v) is 6.19. The third-order valence-corrected chi connectivity index (χ3v) is 3.28. The van der Waals surface area contributed by atoms with Gasteiger partial charge in [0, 0.05) is 12.5 Å². The molecule has 5 nitrogen and oxygen atoms in total. The van der Waals surface area contributed by atoms with Crippen LogP contribution in [-0.4, -0.2) is 34.6 Å². The summed E-state index contributed by atoms with van der Waals surface area (Å²) in [6.45, 7) is 7.27. The van der Waals surface area contributed by atoms with Gasteiger partial charge in [-0.3, -0.25) is 0 Å². The van der Waals surface area contributed by atoms with Crippen LogP contribution < -0.4 is 0 Å². The number of aromatic nitrogens is 2. The lowest BCUT2D eigenvalue weighted by molar-refractivity contribution is 0.120. The molecule has 1 N–H and O–H groups in total. The molecule has 1 fully saturated rings. The number of nitrogens with zero attached hydrogens (tertiary/aromatic N) is 2. The Morgan fingerprint density at radius 1 is 1.35 bits per heavy atom. The van der Waals surface area contributed by atoms with Crippen LogP contribution in [0, 0.1) is 5.92 Å². The van der Waals surface area contributed by atoms with E-state index in [0.29, 0.717) is 18.3 Å². The topological polar surface area (TPSA) is 68.4 Å². The molecule has 0 amide bonds. The minimum Gasteiger partial charge on any atom is -0.393 e. The molecule has 1 aromatic heterocycles. The van der Waals surface area contributed by atoms with Crippen LogP contribution in [0.2, 0.25) is 0 Å². The van der Waals surface area contributed by atoms with E-state index in [-0.39, 0.29) is 17.8 Å². The van der Waals surface area contributed by atoms with Gasteiger partial charge in [0.25, 0.3) is 0 Å². The minimum absolute atomic E-state index is 0.0985. The molecule has 0 spiro atoms. The van der Waals surface area contributed by atoms with Crippen molar-refractivity contribution in [2.75, 3.05) is 13.2 Å². The van der Waals surface area contributed by atoms with E-state index in [0.717, 1.165) is 13.0 Å². The molecule has 2 rings (SSSR count).